The number of aliphatic hydroxyl groups is 1. The van der Waals surface area contributed by atoms with E-state index >= 15 is 0 Å². The minimum Gasteiger partial charge on any atom is -0.393 e. The highest BCUT2D eigenvalue weighted by Crippen LogP contribution is 2.26. The van der Waals surface area contributed by atoms with Crippen molar-refractivity contribution < 1.29 is 62.0 Å². The van der Waals surface area contributed by atoms with Crippen molar-refractivity contribution in [2.24, 2.45) is 29.6 Å². The molecule has 462 valence electrons. The molecule has 2 fully saturated rings. The van der Waals surface area contributed by atoms with Gasteiger partial charge in [0, 0.05) is 77.9 Å². The predicted molar refractivity (Wildman–Crippen MR) is 314 cm³/mol. The van der Waals surface area contributed by atoms with Crippen LogP contribution in [-0.2, 0) is 69.9 Å². The number of hydrogen-bond donors (Lipinski definition) is 3. The van der Waals surface area contributed by atoms with Crippen LogP contribution in [-0.4, -0.2) is 218 Å². The summed E-state index contributed by atoms with van der Waals surface area (Å²) in [6.45, 7) is 19.0. The molecule has 3 N–H and O–H groups in total. The van der Waals surface area contributed by atoms with Gasteiger partial charge in [-0.05, 0) is 96.5 Å². The molecule has 0 radical (unpaired) electrons. The van der Waals surface area contributed by atoms with Gasteiger partial charge >= 0.3 is 0 Å². The van der Waals surface area contributed by atoms with Crippen molar-refractivity contribution in [3.8, 4) is 0 Å². The lowest BCUT2D eigenvalue weighted by Crippen LogP contribution is -2.62. The molecule has 1 aromatic carbocycles. The van der Waals surface area contributed by atoms with E-state index in [1.165, 1.54) is 63.8 Å². The Kier molecular flexibility index (Phi) is 28.0. The highest BCUT2D eigenvalue weighted by atomic mass is 32.2. The zero-order valence-corrected chi connectivity index (χ0v) is 52.7. The number of benzene rings is 1. The molecule has 0 saturated carbocycles. The molecule has 22 heteroatoms. The van der Waals surface area contributed by atoms with Crippen LogP contribution in [0.15, 0.2) is 30.3 Å². The number of hydrogen-bond acceptors (Lipinski definition) is 13. The Bertz CT molecular complexity index is 2390. The Balaban J connectivity index is 2.25. The number of amides is 8. The number of likely N-dealkylation sites (tertiary alicyclic amines) is 1. The summed E-state index contributed by atoms with van der Waals surface area (Å²) in [5.74, 6) is -10.8. The van der Waals surface area contributed by atoms with E-state index in [0.717, 1.165) is 21.8 Å². The van der Waals surface area contributed by atoms with E-state index in [1.807, 2.05) is 34.6 Å². The minimum atomic E-state index is -2.10. The van der Waals surface area contributed by atoms with Gasteiger partial charge in [-0.25, -0.2) is 0 Å². The molecular formula is C60H98N8O13S. The lowest BCUT2D eigenvalue weighted by atomic mass is 9.87. The van der Waals surface area contributed by atoms with Gasteiger partial charge in [-0.15, -0.1) is 0 Å². The van der Waals surface area contributed by atoms with Crippen LogP contribution in [0.25, 0.3) is 0 Å². The third kappa shape index (κ3) is 20.9. The Morgan fingerprint density at radius 1 is 0.720 bits per heavy atom. The number of ketones is 2. The molecule has 0 aromatic heterocycles. The summed E-state index contributed by atoms with van der Waals surface area (Å²) >= 11 is 0. The monoisotopic (exact) mass is 1170 g/mol. The molecular weight excluding hydrogens is 1070 g/mol. The smallest absolute Gasteiger partial charge is 0.247 e. The van der Waals surface area contributed by atoms with Crippen molar-refractivity contribution in [1.82, 2.24) is 40.0 Å². The summed E-state index contributed by atoms with van der Waals surface area (Å²) in [5.41, 5.74) is -0.0852. The molecule has 0 bridgehead atoms. The van der Waals surface area contributed by atoms with Crippen molar-refractivity contribution in [3.63, 3.8) is 0 Å². The third-order valence-corrected chi connectivity index (χ3v) is 17.1. The van der Waals surface area contributed by atoms with Gasteiger partial charge < -0.3 is 49.9 Å². The zero-order chi connectivity index (χ0) is 62.1. The Hall–Kier alpha value is -5.61. The number of carbonyl (C=O) groups excluding carboxylic acids is 10. The summed E-state index contributed by atoms with van der Waals surface area (Å²) in [4.78, 5) is 153. The Labute approximate surface area is 490 Å². The van der Waals surface area contributed by atoms with Crippen LogP contribution in [0.4, 0.5) is 0 Å². The lowest BCUT2D eigenvalue weighted by Gasteiger charge is -2.37. The number of nitrogens with one attached hydrogen (secondary N) is 2. The quantitative estimate of drug-likeness (QED) is 0.272. The van der Waals surface area contributed by atoms with Crippen molar-refractivity contribution in [2.45, 2.75) is 182 Å². The van der Waals surface area contributed by atoms with Gasteiger partial charge in [0.15, 0.2) is 11.6 Å². The normalized spacial score (nSPS) is 27.0. The number of likely N-dealkylation sites (N-methyl/N-ethyl adjacent to an activating group) is 5. The Morgan fingerprint density at radius 2 is 1.30 bits per heavy atom. The van der Waals surface area contributed by atoms with Gasteiger partial charge in [-0.3, -0.25) is 52.2 Å². The highest BCUT2D eigenvalue weighted by Gasteiger charge is 2.42. The van der Waals surface area contributed by atoms with E-state index in [0.29, 0.717) is 32.4 Å². The van der Waals surface area contributed by atoms with Crippen LogP contribution < -0.4 is 10.6 Å². The maximum Gasteiger partial charge on any atom is 0.247 e. The van der Waals surface area contributed by atoms with Crippen LogP contribution in [0.3, 0.4) is 0 Å². The molecule has 0 spiro atoms. The first-order chi connectivity index (χ1) is 38.2. The second-order valence-electron chi connectivity index (χ2n) is 24.7. The van der Waals surface area contributed by atoms with Gasteiger partial charge in [0.25, 0.3) is 0 Å². The van der Waals surface area contributed by atoms with Crippen LogP contribution in [0.2, 0.25) is 0 Å². The molecule has 82 heavy (non-hydrogen) atoms. The SMILES string of the molecule is CC[C@H](C)[C@H]1C(=O)N[C@H](C(=O)N2CCCCC2)CS(=O)CC(=O)N(C)[C@@H](C)C(=O)C[C@@H](Cc2ccccc2)C(=O)N(C)[C@@H](CC(C)C)C(=O)C[C@@H]([C@@H](C)O)C(=O)N(C)CC(=O)N(C)[C@@H](CC(C)C)C(=O)N[C@@H](COC(C)(C)C)C(=O)N1C. The molecule has 2 aliphatic rings. The topological polar surface area (TPSA) is 261 Å². The Morgan fingerprint density at radius 3 is 1.85 bits per heavy atom. The van der Waals surface area contributed by atoms with Gasteiger partial charge in [-0.1, -0.05) is 78.3 Å². The molecule has 8 amide bonds. The molecule has 2 aliphatic heterocycles. The van der Waals surface area contributed by atoms with Gasteiger partial charge in [0.2, 0.25) is 47.3 Å². The number of piperidine rings is 1. The summed E-state index contributed by atoms with van der Waals surface area (Å²) in [5, 5.41) is 16.7. The van der Waals surface area contributed by atoms with Crippen LogP contribution >= 0.6 is 0 Å². The van der Waals surface area contributed by atoms with Crippen LogP contribution in [0, 0.1) is 29.6 Å². The second kappa shape index (κ2) is 32.4. The minimum absolute atomic E-state index is 0.0840. The van der Waals surface area contributed by atoms with E-state index < -0.39 is 160 Å². The van der Waals surface area contributed by atoms with Crippen LogP contribution in [0.1, 0.15) is 133 Å². The van der Waals surface area contributed by atoms with Crippen molar-refractivity contribution in [3.05, 3.63) is 35.9 Å². The average Bonchev–Trinajstić information content (AvgIpc) is 3.55. The van der Waals surface area contributed by atoms with E-state index in [2.05, 4.69) is 10.6 Å². The molecule has 1 unspecified atom stereocenters. The fourth-order valence-corrected chi connectivity index (χ4v) is 11.6. The molecule has 0 aliphatic carbocycles. The van der Waals surface area contributed by atoms with Gasteiger partial charge in [0.05, 0.1) is 48.6 Å². The van der Waals surface area contributed by atoms with Crippen molar-refractivity contribution in [1.29, 1.82) is 0 Å². The van der Waals surface area contributed by atoms with E-state index in [9.17, 15) is 57.3 Å². The highest BCUT2D eigenvalue weighted by molar-refractivity contribution is 7.85. The first-order valence-corrected chi connectivity index (χ1v) is 30.6. The third-order valence-electron chi connectivity index (χ3n) is 15.8. The van der Waals surface area contributed by atoms with Crippen LogP contribution in [0.5, 0.6) is 0 Å². The number of aliphatic hydroxyl groups excluding tert-OH is 1. The van der Waals surface area contributed by atoms with Crippen molar-refractivity contribution >= 4 is 69.6 Å². The molecule has 11 atom stereocenters. The van der Waals surface area contributed by atoms with Gasteiger partial charge in [-0.2, -0.15) is 0 Å². The number of rotatable bonds is 12. The second-order valence-corrected chi connectivity index (χ2v) is 26.2. The summed E-state index contributed by atoms with van der Waals surface area (Å²) in [7, 11) is 4.88. The standard InChI is InChI=1S/C60H98N8O13S/c1-17-39(6)53-55(75)62-46(59(79)68-26-22-19-23-27-68)35-82(80)36-52(73)64(13)40(7)49(70)31-43(30-42-24-20-18-21-25-42)56(76)66(15)47(28-37(2)3)50(71)32-44(41(8)69)57(77)63(12)33-51(72)65(14)48(29-38(4)5)54(74)61-45(58(78)67(53)16)34-81-60(9,10)11/h18,20-21,24-25,37-41,43-48,53,69H,17,19,22-23,26-36H2,1-16H3,(H,61,74)(H,62,75)/t39-,40-,41+,43+,44-,45-,46-,47-,48-,53-,82?/m0/s1. The number of Topliss-reactive ketones (excluding diaryl/α,β-unsaturated/α-hetero) is 2. The fraction of sp³-hybridized carbons (Fsp3) is 0.733. The summed E-state index contributed by atoms with van der Waals surface area (Å²) in [6, 6.07) is 1.48. The number of carbonyl (C=O) groups is 10. The lowest BCUT2D eigenvalue weighted by molar-refractivity contribution is -0.150. The molecule has 21 nitrogen and oxygen atoms in total. The molecule has 2 heterocycles. The van der Waals surface area contributed by atoms with E-state index in [4.69, 9.17) is 4.74 Å². The van der Waals surface area contributed by atoms with E-state index in [-0.39, 0.29) is 44.1 Å². The predicted octanol–water partition coefficient (Wildman–Crippen LogP) is 3.24. The van der Waals surface area contributed by atoms with Crippen molar-refractivity contribution in [2.75, 3.05) is 73.0 Å². The molecule has 2 saturated heterocycles. The fourth-order valence-electron chi connectivity index (χ4n) is 10.4. The molecule has 1 aromatic rings. The largest absolute Gasteiger partial charge is 0.393 e. The van der Waals surface area contributed by atoms with Gasteiger partial charge in [0.1, 0.15) is 29.9 Å². The molecule has 3 rings (SSSR count). The number of ether oxygens (including phenoxy) is 1. The average molecular weight is 1170 g/mol. The first-order valence-electron chi connectivity index (χ1n) is 29.2. The maximum atomic E-state index is 14.9. The summed E-state index contributed by atoms with van der Waals surface area (Å²) < 4.78 is 20.3. The number of nitrogens with zero attached hydrogens (tertiary/aromatic N) is 6. The maximum absolute atomic E-state index is 14.9. The first kappa shape index (κ1) is 70.7. The zero-order valence-electron chi connectivity index (χ0n) is 51.9. The van der Waals surface area contributed by atoms with E-state index in [1.54, 1.807) is 62.9 Å². The summed E-state index contributed by atoms with van der Waals surface area (Å²) in [6.07, 6.45) is 0.767.